The molecule has 3 aromatic rings. The van der Waals surface area contributed by atoms with Crippen molar-refractivity contribution >= 4 is 45.8 Å². The van der Waals surface area contributed by atoms with Crippen LogP contribution in [0, 0.1) is 5.41 Å². The number of nitrogens with one attached hydrogen (secondary N) is 1. The Hall–Kier alpha value is -3.23. The predicted octanol–water partition coefficient (Wildman–Crippen LogP) is 4.48. The van der Waals surface area contributed by atoms with Crippen molar-refractivity contribution in [3.05, 3.63) is 58.4 Å². The van der Waals surface area contributed by atoms with Crippen molar-refractivity contribution in [2.45, 2.75) is 64.0 Å². The van der Waals surface area contributed by atoms with Crippen LogP contribution in [0.15, 0.2) is 36.5 Å². The Labute approximate surface area is 232 Å². The largest absolute Gasteiger partial charge is 0.303 e. The molecule has 39 heavy (non-hydrogen) atoms. The smallest absolute Gasteiger partial charge is 0.259 e. The number of anilines is 1. The average Bonchev–Trinajstić information content (AvgIpc) is 3.43. The third-order valence-corrected chi connectivity index (χ3v) is 9.44. The van der Waals surface area contributed by atoms with Crippen molar-refractivity contribution in [3.63, 3.8) is 0 Å². The molecule has 0 radical (unpaired) electrons. The van der Waals surface area contributed by atoms with Gasteiger partial charge in [-0.3, -0.25) is 29.3 Å². The second-order valence-electron chi connectivity index (χ2n) is 12.0. The third kappa shape index (κ3) is 4.34. The maximum absolute atomic E-state index is 13.4. The summed E-state index contributed by atoms with van der Waals surface area (Å²) in [6.07, 6.45) is 8.09. The predicted molar refractivity (Wildman–Crippen MR) is 149 cm³/mol. The first-order valence-electron chi connectivity index (χ1n) is 14.0. The number of rotatable bonds is 6. The van der Waals surface area contributed by atoms with Crippen molar-refractivity contribution in [1.82, 2.24) is 20.0 Å². The molecule has 1 aliphatic carbocycles. The van der Waals surface area contributed by atoms with Gasteiger partial charge in [-0.1, -0.05) is 36.7 Å². The molecule has 4 heterocycles. The second kappa shape index (κ2) is 9.17. The molecule has 2 aromatic carbocycles. The molecule has 1 saturated carbocycles. The number of likely N-dealkylation sites (tertiary alicyclic amines) is 1. The Morgan fingerprint density at radius 1 is 1.05 bits per heavy atom. The minimum absolute atomic E-state index is 0.199. The Balaban J connectivity index is 1.13. The van der Waals surface area contributed by atoms with Gasteiger partial charge >= 0.3 is 0 Å². The first-order chi connectivity index (χ1) is 18.8. The lowest BCUT2D eigenvalue weighted by atomic mass is 9.97. The van der Waals surface area contributed by atoms with Crippen LogP contribution in [0.5, 0.6) is 0 Å². The fourth-order valence-electron chi connectivity index (χ4n) is 6.63. The Bertz CT molecular complexity index is 1520. The summed E-state index contributed by atoms with van der Waals surface area (Å²) < 4.78 is 2.06. The molecule has 8 nitrogen and oxygen atoms in total. The van der Waals surface area contributed by atoms with Crippen LogP contribution in [0.1, 0.15) is 73.0 Å². The molecule has 3 fully saturated rings. The van der Waals surface area contributed by atoms with E-state index in [9.17, 15) is 14.4 Å². The van der Waals surface area contributed by atoms with Crippen LogP contribution in [0.25, 0.3) is 10.8 Å². The van der Waals surface area contributed by atoms with Gasteiger partial charge in [0.1, 0.15) is 6.04 Å². The molecule has 9 heteroatoms. The van der Waals surface area contributed by atoms with E-state index in [2.05, 4.69) is 28.0 Å². The first-order valence-corrected chi connectivity index (χ1v) is 14.4. The molecule has 7 rings (SSSR count). The number of nitrogens with zero attached hydrogens (tertiary/aromatic N) is 4. The molecule has 0 spiro atoms. The molecule has 1 aromatic heterocycles. The maximum atomic E-state index is 13.4. The highest BCUT2D eigenvalue weighted by Crippen LogP contribution is 2.46. The van der Waals surface area contributed by atoms with E-state index >= 15 is 0 Å². The summed E-state index contributed by atoms with van der Waals surface area (Å²) in [6, 6.07) is 9.32. The van der Waals surface area contributed by atoms with Crippen molar-refractivity contribution in [3.8, 4) is 0 Å². The summed E-state index contributed by atoms with van der Waals surface area (Å²) in [6.45, 7) is 5.79. The van der Waals surface area contributed by atoms with Gasteiger partial charge in [-0.15, -0.1) is 0 Å². The number of piperidine rings is 2. The van der Waals surface area contributed by atoms with Crippen molar-refractivity contribution in [1.29, 1.82) is 0 Å². The van der Waals surface area contributed by atoms with Crippen LogP contribution in [0.3, 0.4) is 0 Å². The normalized spacial score (nSPS) is 23.1. The number of amides is 3. The van der Waals surface area contributed by atoms with Gasteiger partial charge in [-0.25, -0.2) is 0 Å². The summed E-state index contributed by atoms with van der Waals surface area (Å²) in [5.74, 6) is -0.914. The molecular formula is C30H32ClN5O3. The molecule has 1 N–H and O–H groups in total. The van der Waals surface area contributed by atoms with Crippen LogP contribution < -0.4 is 10.2 Å². The fraction of sp³-hybridized carbons (Fsp3) is 0.467. The van der Waals surface area contributed by atoms with Crippen molar-refractivity contribution < 1.29 is 14.4 Å². The molecular weight excluding hydrogens is 514 g/mol. The van der Waals surface area contributed by atoms with Crippen LogP contribution >= 0.6 is 11.6 Å². The number of hydrogen-bond donors (Lipinski definition) is 1. The SMILES string of the molecule is CC1(CN2CCC(n3cc(Cc4ccc5c6c(cccc46)C(=O)N5C4CCC(=O)NC4=O)c(Cl)n3)CC2)CC1. The Morgan fingerprint density at radius 3 is 2.59 bits per heavy atom. The number of halogens is 1. The average molecular weight is 546 g/mol. The van der Waals surface area contributed by atoms with Crippen LogP contribution in [0.2, 0.25) is 5.15 Å². The minimum Gasteiger partial charge on any atom is -0.303 e. The summed E-state index contributed by atoms with van der Waals surface area (Å²) in [5.41, 5.74) is 3.87. The third-order valence-electron chi connectivity index (χ3n) is 9.12. The molecule has 3 aliphatic heterocycles. The van der Waals surface area contributed by atoms with E-state index in [1.807, 2.05) is 30.3 Å². The van der Waals surface area contributed by atoms with E-state index in [-0.39, 0.29) is 18.2 Å². The summed E-state index contributed by atoms with van der Waals surface area (Å²) in [5, 5.41) is 9.42. The van der Waals surface area contributed by atoms with E-state index in [0.29, 0.717) is 35.0 Å². The second-order valence-corrected chi connectivity index (χ2v) is 12.4. The van der Waals surface area contributed by atoms with Gasteiger partial charge in [0.2, 0.25) is 11.8 Å². The van der Waals surface area contributed by atoms with E-state index in [1.165, 1.54) is 19.4 Å². The highest BCUT2D eigenvalue weighted by atomic mass is 35.5. The molecule has 3 amide bonds. The zero-order valence-corrected chi connectivity index (χ0v) is 22.8. The molecule has 202 valence electrons. The van der Waals surface area contributed by atoms with E-state index in [4.69, 9.17) is 16.7 Å². The van der Waals surface area contributed by atoms with Crippen molar-refractivity contribution in [2.24, 2.45) is 5.41 Å². The maximum Gasteiger partial charge on any atom is 0.259 e. The first kappa shape index (κ1) is 24.8. The lowest BCUT2D eigenvalue weighted by Gasteiger charge is -2.33. The zero-order valence-electron chi connectivity index (χ0n) is 22.1. The summed E-state index contributed by atoms with van der Waals surface area (Å²) in [7, 11) is 0. The fourth-order valence-corrected chi connectivity index (χ4v) is 6.83. The van der Waals surface area contributed by atoms with Gasteiger partial charge in [0, 0.05) is 55.2 Å². The summed E-state index contributed by atoms with van der Waals surface area (Å²) in [4.78, 5) is 41.9. The highest BCUT2D eigenvalue weighted by molar-refractivity contribution is 6.30. The lowest BCUT2D eigenvalue weighted by Crippen LogP contribution is -2.53. The Kier molecular flexibility index (Phi) is 5.83. The van der Waals surface area contributed by atoms with Crippen LogP contribution in [-0.4, -0.2) is 58.1 Å². The van der Waals surface area contributed by atoms with Crippen LogP contribution in [0.4, 0.5) is 5.69 Å². The van der Waals surface area contributed by atoms with Gasteiger partial charge in [0.25, 0.3) is 5.91 Å². The Morgan fingerprint density at radius 2 is 1.85 bits per heavy atom. The number of carbonyl (C=O) groups is 3. The van der Waals surface area contributed by atoms with E-state index in [1.54, 1.807) is 4.90 Å². The summed E-state index contributed by atoms with van der Waals surface area (Å²) >= 11 is 6.66. The molecule has 1 unspecified atom stereocenters. The number of aromatic nitrogens is 2. The number of carbonyl (C=O) groups excluding carboxylic acids is 3. The van der Waals surface area contributed by atoms with Crippen molar-refractivity contribution in [2.75, 3.05) is 24.5 Å². The van der Waals surface area contributed by atoms with E-state index < -0.39 is 11.9 Å². The molecule has 2 saturated heterocycles. The van der Waals surface area contributed by atoms with Crippen LogP contribution in [-0.2, 0) is 16.0 Å². The standard InChI is InChI=1S/C30H32ClN5O3/c1-30(11-12-30)17-34-13-9-20(10-14-34)35-16-19(27(31)33-35)15-18-5-6-23-26-21(18)3-2-4-22(26)29(39)36(23)24-7-8-25(37)32-28(24)38/h2-6,16,20,24H,7-15,17H2,1H3,(H,32,37,38). The van der Waals surface area contributed by atoms with Gasteiger partial charge in [-0.05, 0) is 60.6 Å². The van der Waals surface area contributed by atoms with E-state index in [0.717, 1.165) is 53.5 Å². The van der Waals surface area contributed by atoms with Gasteiger partial charge in [0.05, 0.1) is 11.7 Å². The van der Waals surface area contributed by atoms with Gasteiger partial charge in [-0.2, -0.15) is 5.10 Å². The quantitative estimate of drug-likeness (QED) is 0.461. The van der Waals surface area contributed by atoms with Gasteiger partial charge < -0.3 is 4.90 Å². The monoisotopic (exact) mass is 545 g/mol. The number of hydrogen-bond acceptors (Lipinski definition) is 5. The molecule has 1 atom stereocenters. The zero-order chi connectivity index (χ0) is 26.9. The molecule has 4 aliphatic rings. The lowest BCUT2D eigenvalue weighted by molar-refractivity contribution is -0.134. The number of imide groups is 1. The molecule has 0 bridgehead atoms. The van der Waals surface area contributed by atoms with Gasteiger partial charge in [0.15, 0.2) is 5.15 Å². The highest BCUT2D eigenvalue weighted by Gasteiger charge is 2.41. The topological polar surface area (TPSA) is 87.5 Å². The number of benzene rings is 2. The minimum atomic E-state index is -0.692.